The summed E-state index contributed by atoms with van der Waals surface area (Å²) < 4.78 is 0. The van der Waals surface area contributed by atoms with Crippen LogP contribution in [0.4, 0.5) is 4.79 Å². The molecule has 1 amide bonds. The number of amides is 1. The van der Waals surface area contributed by atoms with Crippen LogP contribution in [0.15, 0.2) is 18.2 Å². The number of hydrogen-bond acceptors (Lipinski definition) is 2. The fraction of sp³-hybridized carbons (Fsp3) is 0.429. The van der Waals surface area contributed by atoms with Gasteiger partial charge < -0.3 is 10.4 Å². The molecule has 5 heteroatoms. The van der Waals surface area contributed by atoms with Gasteiger partial charge in [0.15, 0.2) is 0 Å². The van der Waals surface area contributed by atoms with Crippen molar-refractivity contribution in [2.24, 2.45) is 5.41 Å². The monoisotopic (exact) mass is 280 g/mol. The molecule has 1 atom stereocenters. The van der Waals surface area contributed by atoms with Gasteiger partial charge >= 0.3 is 6.09 Å². The summed E-state index contributed by atoms with van der Waals surface area (Å²) >= 11 is 6.11. The quantitative estimate of drug-likeness (QED) is 0.891. The van der Waals surface area contributed by atoms with Crippen molar-refractivity contribution in [1.82, 2.24) is 5.32 Å². The van der Waals surface area contributed by atoms with Crippen LogP contribution in [-0.4, -0.2) is 17.2 Å². The number of nitrogens with zero attached hydrogens (tertiary/aromatic N) is 1. The number of carboxylic acid groups (broad SMARTS) is 1. The Morgan fingerprint density at radius 1 is 1.53 bits per heavy atom. The number of nitriles is 1. The van der Waals surface area contributed by atoms with E-state index in [2.05, 4.69) is 5.32 Å². The second kappa shape index (κ2) is 5.94. The Hall–Kier alpha value is -1.73. The molecule has 0 saturated heterocycles. The van der Waals surface area contributed by atoms with Crippen molar-refractivity contribution in [2.45, 2.75) is 33.2 Å². The number of benzene rings is 1. The third-order valence-electron chi connectivity index (χ3n) is 2.95. The molecule has 102 valence electrons. The Balaban J connectivity index is 2.97. The van der Waals surface area contributed by atoms with Crippen molar-refractivity contribution in [3.05, 3.63) is 34.3 Å². The summed E-state index contributed by atoms with van der Waals surface area (Å²) in [5.41, 5.74) is 1.09. The summed E-state index contributed by atoms with van der Waals surface area (Å²) in [5.74, 6) is 0. The van der Waals surface area contributed by atoms with E-state index in [0.717, 1.165) is 5.56 Å². The standard InChI is InChI=1S/C14H17ClN2O2/c1-14(2,3)12(17-13(18)19)7-10-5-4-9(8-16)6-11(10)15/h4-6,12,17H,7H2,1-3H3,(H,18,19). The Bertz CT molecular complexity index is 515. The van der Waals surface area contributed by atoms with Crippen molar-refractivity contribution in [3.8, 4) is 6.07 Å². The van der Waals surface area contributed by atoms with Crippen molar-refractivity contribution >= 4 is 17.7 Å². The maximum absolute atomic E-state index is 10.8. The van der Waals surface area contributed by atoms with E-state index in [-0.39, 0.29) is 11.5 Å². The van der Waals surface area contributed by atoms with Gasteiger partial charge in [-0.2, -0.15) is 5.26 Å². The SMILES string of the molecule is CC(C)(C)C(Cc1ccc(C#N)cc1Cl)NC(=O)O. The lowest BCUT2D eigenvalue weighted by Gasteiger charge is -2.30. The average Bonchev–Trinajstić information content (AvgIpc) is 2.28. The number of nitrogens with one attached hydrogen (secondary N) is 1. The van der Waals surface area contributed by atoms with Crippen LogP contribution in [0.25, 0.3) is 0 Å². The minimum Gasteiger partial charge on any atom is -0.465 e. The third-order valence-corrected chi connectivity index (χ3v) is 3.30. The molecular weight excluding hydrogens is 264 g/mol. The minimum absolute atomic E-state index is 0.227. The number of halogens is 1. The van der Waals surface area contributed by atoms with E-state index < -0.39 is 6.09 Å². The van der Waals surface area contributed by atoms with Crippen LogP contribution in [0, 0.1) is 16.7 Å². The predicted octanol–water partition coefficient (Wildman–Crippen LogP) is 3.44. The molecule has 0 aliphatic rings. The largest absolute Gasteiger partial charge is 0.465 e. The summed E-state index contributed by atoms with van der Waals surface area (Å²) in [6, 6.07) is 6.81. The normalized spacial score (nSPS) is 12.6. The van der Waals surface area contributed by atoms with E-state index in [4.69, 9.17) is 22.0 Å². The maximum Gasteiger partial charge on any atom is 0.404 e. The van der Waals surface area contributed by atoms with Crippen molar-refractivity contribution in [1.29, 1.82) is 5.26 Å². The maximum atomic E-state index is 10.8. The highest BCUT2D eigenvalue weighted by Crippen LogP contribution is 2.26. The molecule has 0 fully saturated rings. The van der Waals surface area contributed by atoms with Gasteiger partial charge in [0, 0.05) is 11.1 Å². The molecule has 1 rings (SSSR count). The Morgan fingerprint density at radius 3 is 2.58 bits per heavy atom. The van der Waals surface area contributed by atoms with Crippen LogP contribution >= 0.6 is 11.6 Å². The lowest BCUT2D eigenvalue weighted by molar-refractivity contribution is 0.174. The summed E-state index contributed by atoms with van der Waals surface area (Å²) in [4.78, 5) is 10.8. The molecule has 0 heterocycles. The van der Waals surface area contributed by atoms with Crippen molar-refractivity contribution in [3.63, 3.8) is 0 Å². The zero-order valence-corrected chi connectivity index (χ0v) is 12.0. The highest BCUT2D eigenvalue weighted by atomic mass is 35.5. The number of hydrogen-bond donors (Lipinski definition) is 2. The second-order valence-electron chi connectivity index (χ2n) is 5.49. The molecule has 0 radical (unpaired) electrons. The molecule has 1 unspecified atom stereocenters. The van der Waals surface area contributed by atoms with E-state index in [0.29, 0.717) is 17.0 Å². The fourth-order valence-electron chi connectivity index (χ4n) is 1.73. The highest BCUT2D eigenvalue weighted by molar-refractivity contribution is 6.31. The van der Waals surface area contributed by atoms with E-state index in [1.807, 2.05) is 26.8 Å². The van der Waals surface area contributed by atoms with Crippen LogP contribution in [-0.2, 0) is 6.42 Å². The van der Waals surface area contributed by atoms with Crippen LogP contribution in [0.1, 0.15) is 31.9 Å². The summed E-state index contributed by atoms with van der Waals surface area (Å²) in [6.45, 7) is 5.89. The van der Waals surface area contributed by atoms with Crippen molar-refractivity contribution in [2.75, 3.05) is 0 Å². The lowest BCUT2D eigenvalue weighted by Crippen LogP contribution is -2.44. The summed E-state index contributed by atoms with van der Waals surface area (Å²) in [7, 11) is 0. The first kappa shape index (κ1) is 15.3. The van der Waals surface area contributed by atoms with Gasteiger partial charge in [0.1, 0.15) is 0 Å². The van der Waals surface area contributed by atoms with Gasteiger partial charge in [-0.3, -0.25) is 0 Å². The molecule has 1 aromatic rings. The van der Waals surface area contributed by atoms with Crippen LogP contribution < -0.4 is 5.32 Å². The molecule has 2 N–H and O–H groups in total. The Kier molecular flexibility index (Phi) is 4.79. The Labute approximate surface area is 118 Å². The molecule has 4 nitrogen and oxygen atoms in total. The van der Waals surface area contributed by atoms with Crippen molar-refractivity contribution < 1.29 is 9.90 Å². The van der Waals surface area contributed by atoms with Gasteiger partial charge in [-0.1, -0.05) is 38.4 Å². The fourth-order valence-corrected chi connectivity index (χ4v) is 1.98. The van der Waals surface area contributed by atoms with Gasteiger partial charge in [0.2, 0.25) is 0 Å². The summed E-state index contributed by atoms with van der Waals surface area (Å²) in [6.07, 6.45) is -0.565. The second-order valence-corrected chi connectivity index (χ2v) is 5.90. The van der Waals surface area contributed by atoms with E-state index in [1.165, 1.54) is 0 Å². The molecule has 0 aliphatic carbocycles. The number of rotatable bonds is 3. The zero-order chi connectivity index (χ0) is 14.6. The Morgan fingerprint density at radius 2 is 2.16 bits per heavy atom. The molecule has 0 aromatic heterocycles. The molecular formula is C14H17ClN2O2. The van der Waals surface area contributed by atoms with Gasteiger partial charge in [0.25, 0.3) is 0 Å². The van der Waals surface area contributed by atoms with E-state index >= 15 is 0 Å². The smallest absolute Gasteiger partial charge is 0.404 e. The van der Waals surface area contributed by atoms with Crippen LogP contribution in [0.2, 0.25) is 5.02 Å². The van der Waals surface area contributed by atoms with Gasteiger partial charge in [-0.15, -0.1) is 0 Å². The predicted molar refractivity (Wildman–Crippen MR) is 74.3 cm³/mol. The van der Waals surface area contributed by atoms with Crippen LogP contribution in [0.5, 0.6) is 0 Å². The first-order chi connectivity index (χ1) is 8.74. The van der Waals surface area contributed by atoms with E-state index in [1.54, 1.807) is 18.2 Å². The average molecular weight is 281 g/mol. The number of carbonyl (C=O) groups is 1. The third kappa shape index (κ3) is 4.46. The topological polar surface area (TPSA) is 73.1 Å². The lowest BCUT2D eigenvalue weighted by atomic mass is 9.83. The summed E-state index contributed by atoms with van der Waals surface area (Å²) in [5, 5.41) is 20.7. The molecule has 0 aliphatic heterocycles. The van der Waals surface area contributed by atoms with E-state index in [9.17, 15) is 4.79 Å². The zero-order valence-electron chi connectivity index (χ0n) is 11.2. The first-order valence-electron chi connectivity index (χ1n) is 5.92. The minimum atomic E-state index is -1.05. The molecule has 0 bridgehead atoms. The molecule has 0 saturated carbocycles. The highest BCUT2D eigenvalue weighted by Gasteiger charge is 2.27. The van der Waals surface area contributed by atoms with Gasteiger partial charge in [-0.25, -0.2) is 4.79 Å². The molecule has 19 heavy (non-hydrogen) atoms. The first-order valence-corrected chi connectivity index (χ1v) is 6.30. The molecule has 0 spiro atoms. The van der Waals surface area contributed by atoms with Gasteiger partial charge in [-0.05, 0) is 29.5 Å². The van der Waals surface area contributed by atoms with Crippen LogP contribution in [0.3, 0.4) is 0 Å². The molecule has 1 aromatic carbocycles. The van der Waals surface area contributed by atoms with Gasteiger partial charge in [0.05, 0.1) is 11.6 Å².